The van der Waals surface area contributed by atoms with Gasteiger partial charge in [0.1, 0.15) is 6.04 Å². The molecule has 1 aromatic rings. The SMILES string of the molecule is CCCC[C@H](NC(=O)Nc1nc2c(s1)CCCC2)C(=O)O. The van der Waals surface area contributed by atoms with Crippen LogP contribution in [-0.4, -0.2) is 28.1 Å². The number of carboxylic acids is 1. The maximum atomic E-state index is 11.9. The van der Waals surface area contributed by atoms with Gasteiger partial charge in [0.15, 0.2) is 5.13 Å². The fraction of sp³-hybridized carbons (Fsp3) is 0.643. The number of carbonyl (C=O) groups is 2. The van der Waals surface area contributed by atoms with Gasteiger partial charge in [-0.15, -0.1) is 11.3 Å². The number of thiazole rings is 1. The first-order valence-corrected chi connectivity index (χ1v) is 8.20. The van der Waals surface area contributed by atoms with Crippen molar-refractivity contribution in [2.75, 3.05) is 5.32 Å². The van der Waals surface area contributed by atoms with Gasteiger partial charge in [-0.25, -0.2) is 14.6 Å². The van der Waals surface area contributed by atoms with Crippen molar-refractivity contribution in [2.24, 2.45) is 0 Å². The summed E-state index contributed by atoms with van der Waals surface area (Å²) in [6.07, 6.45) is 6.38. The highest BCUT2D eigenvalue weighted by Gasteiger charge is 2.21. The molecule has 1 atom stereocenters. The number of aromatic nitrogens is 1. The zero-order valence-electron chi connectivity index (χ0n) is 12.1. The van der Waals surface area contributed by atoms with Gasteiger partial charge in [0.2, 0.25) is 0 Å². The second-order valence-electron chi connectivity index (χ2n) is 5.23. The minimum Gasteiger partial charge on any atom is -0.480 e. The highest BCUT2D eigenvalue weighted by atomic mass is 32.1. The zero-order chi connectivity index (χ0) is 15.2. The Balaban J connectivity index is 1.91. The normalized spacial score (nSPS) is 15.1. The van der Waals surface area contributed by atoms with Crippen molar-refractivity contribution < 1.29 is 14.7 Å². The van der Waals surface area contributed by atoms with E-state index in [9.17, 15) is 9.59 Å². The number of unbranched alkanes of at least 4 members (excludes halogenated alkanes) is 1. The summed E-state index contributed by atoms with van der Waals surface area (Å²) < 4.78 is 0. The molecule has 1 aromatic heterocycles. The molecule has 0 radical (unpaired) electrons. The molecule has 7 heteroatoms. The summed E-state index contributed by atoms with van der Waals surface area (Å²) in [5.74, 6) is -1.00. The molecule has 21 heavy (non-hydrogen) atoms. The van der Waals surface area contributed by atoms with E-state index in [1.807, 2.05) is 6.92 Å². The van der Waals surface area contributed by atoms with Crippen LogP contribution in [0.4, 0.5) is 9.93 Å². The average molecular weight is 311 g/mol. The quantitative estimate of drug-likeness (QED) is 0.753. The van der Waals surface area contributed by atoms with Gasteiger partial charge in [0.25, 0.3) is 0 Å². The van der Waals surface area contributed by atoms with E-state index >= 15 is 0 Å². The van der Waals surface area contributed by atoms with Crippen molar-refractivity contribution >= 4 is 28.5 Å². The second-order valence-corrected chi connectivity index (χ2v) is 6.31. The molecule has 0 unspecified atom stereocenters. The van der Waals surface area contributed by atoms with Crippen molar-refractivity contribution in [3.63, 3.8) is 0 Å². The molecule has 6 nitrogen and oxygen atoms in total. The number of carboxylic acid groups (broad SMARTS) is 1. The number of carbonyl (C=O) groups excluding carboxylic acids is 1. The van der Waals surface area contributed by atoms with Gasteiger partial charge in [-0.2, -0.15) is 0 Å². The molecule has 0 fully saturated rings. The highest BCUT2D eigenvalue weighted by Crippen LogP contribution is 2.29. The average Bonchev–Trinajstić information content (AvgIpc) is 2.85. The number of anilines is 1. The van der Waals surface area contributed by atoms with Crippen molar-refractivity contribution in [2.45, 2.75) is 57.9 Å². The molecule has 2 rings (SSSR count). The molecule has 2 amide bonds. The lowest BCUT2D eigenvalue weighted by molar-refractivity contribution is -0.139. The minimum atomic E-state index is -1.00. The van der Waals surface area contributed by atoms with Crippen LogP contribution in [0.3, 0.4) is 0 Å². The van der Waals surface area contributed by atoms with E-state index in [-0.39, 0.29) is 0 Å². The lowest BCUT2D eigenvalue weighted by atomic mass is 10.0. The number of amides is 2. The summed E-state index contributed by atoms with van der Waals surface area (Å²) in [7, 11) is 0. The Hall–Kier alpha value is -1.63. The molecule has 1 aliphatic rings. The number of aliphatic carboxylic acids is 1. The zero-order valence-corrected chi connectivity index (χ0v) is 13.0. The van der Waals surface area contributed by atoms with Crippen molar-refractivity contribution in [1.29, 1.82) is 0 Å². The number of nitrogens with one attached hydrogen (secondary N) is 2. The van der Waals surface area contributed by atoms with E-state index in [0.29, 0.717) is 11.6 Å². The first-order chi connectivity index (χ1) is 10.1. The number of aryl methyl sites for hydroxylation is 2. The Bertz CT molecular complexity index is 492. The van der Waals surface area contributed by atoms with Crippen LogP contribution in [0, 0.1) is 0 Å². The van der Waals surface area contributed by atoms with Crippen LogP contribution in [-0.2, 0) is 17.6 Å². The molecule has 1 aliphatic carbocycles. The van der Waals surface area contributed by atoms with Crippen LogP contribution in [0.1, 0.15) is 49.6 Å². The van der Waals surface area contributed by atoms with Gasteiger partial charge in [0.05, 0.1) is 5.69 Å². The molecule has 0 aromatic carbocycles. The summed E-state index contributed by atoms with van der Waals surface area (Å²) in [5.41, 5.74) is 1.07. The van der Waals surface area contributed by atoms with Crippen LogP contribution in [0.15, 0.2) is 0 Å². The smallest absolute Gasteiger partial charge is 0.326 e. The number of rotatable bonds is 6. The summed E-state index contributed by atoms with van der Waals surface area (Å²) in [6.45, 7) is 1.99. The number of urea groups is 1. The van der Waals surface area contributed by atoms with Gasteiger partial charge in [-0.1, -0.05) is 19.8 Å². The monoisotopic (exact) mass is 311 g/mol. The Kier molecular flexibility index (Phi) is 5.55. The Morgan fingerprint density at radius 2 is 2.14 bits per heavy atom. The van der Waals surface area contributed by atoms with Crippen LogP contribution in [0.25, 0.3) is 0 Å². The summed E-state index contributed by atoms with van der Waals surface area (Å²) in [5, 5.41) is 14.8. The first-order valence-electron chi connectivity index (χ1n) is 7.39. The fourth-order valence-corrected chi connectivity index (χ4v) is 3.41. The predicted molar refractivity (Wildman–Crippen MR) is 81.9 cm³/mol. The van der Waals surface area contributed by atoms with E-state index in [1.54, 1.807) is 0 Å². The molecule has 116 valence electrons. The second kappa shape index (κ2) is 7.40. The largest absolute Gasteiger partial charge is 0.480 e. The van der Waals surface area contributed by atoms with E-state index in [2.05, 4.69) is 15.6 Å². The number of hydrogen-bond donors (Lipinski definition) is 3. The third kappa shape index (κ3) is 4.42. The lowest BCUT2D eigenvalue weighted by Gasteiger charge is -2.13. The molecular formula is C14H21N3O3S. The summed E-state index contributed by atoms with van der Waals surface area (Å²) >= 11 is 1.49. The van der Waals surface area contributed by atoms with Gasteiger partial charge < -0.3 is 10.4 Å². The molecule has 0 bridgehead atoms. The van der Waals surface area contributed by atoms with Crippen molar-refractivity contribution in [1.82, 2.24) is 10.3 Å². The molecule has 3 N–H and O–H groups in total. The lowest BCUT2D eigenvalue weighted by Crippen LogP contribution is -2.42. The van der Waals surface area contributed by atoms with Crippen LogP contribution < -0.4 is 10.6 Å². The van der Waals surface area contributed by atoms with Crippen LogP contribution >= 0.6 is 11.3 Å². The Morgan fingerprint density at radius 1 is 1.38 bits per heavy atom. The number of hydrogen-bond acceptors (Lipinski definition) is 4. The van der Waals surface area contributed by atoms with E-state index in [4.69, 9.17) is 5.11 Å². The summed E-state index contributed by atoms with van der Waals surface area (Å²) in [6, 6.07) is -1.34. The van der Waals surface area contributed by atoms with Gasteiger partial charge >= 0.3 is 12.0 Å². The fourth-order valence-electron chi connectivity index (χ4n) is 2.36. The predicted octanol–water partition coefficient (Wildman–Crippen LogP) is 2.79. The third-order valence-corrected chi connectivity index (χ3v) is 4.59. The first kappa shape index (κ1) is 15.8. The highest BCUT2D eigenvalue weighted by molar-refractivity contribution is 7.15. The molecular weight excluding hydrogens is 290 g/mol. The molecule has 1 heterocycles. The van der Waals surface area contributed by atoms with E-state index < -0.39 is 18.0 Å². The number of fused-ring (bicyclic) bond motifs is 1. The maximum absolute atomic E-state index is 11.9. The molecule has 0 saturated heterocycles. The molecule has 0 aliphatic heterocycles. The third-order valence-electron chi connectivity index (χ3n) is 3.52. The number of nitrogens with zero attached hydrogens (tertiary/aromatic N) is 1. The van der Waals surface area contributed by atoms with Gasteiger partial charge in [0, 0.05) is 4.88 Å². The summed E-state index contributed by atoms with van der Waals surface area (Å²) in [4.78, 5) is 28.6. The van der Waals surface area contributed by atoms with E-state index in [0.717, 1.165) is 37.8 Å². The van der Waals surface area contributed by atoms with Crippen molar-refractivity contribution in [3.8, 4) is 0 Å². The minimum absolute atomic E-state index is 0.438. The maximum Gasteiger partial charge on any atom is 0.326 e. The van der Waals surface area contributed by atoms with Crippen molar-refractivity contribution in [3.05, 3.63) is 10.6 Å². The Labute approximate surface area is 128 Å². The Morgan fingerprint density at radius 3 is 2.81 bits per heavy atom. The van der Waals surface area contributed by atoms with Gasteiger partial charge in [-0.3, -0.25) is 5.32 Å². The molecule has 0 saturated carbocycles. The van der Waals surface area contributed by atoms with Crippen LogP contribution in [0.5, 0.6) is 0 Å². The molecule has 0 spiro atoms. The van der Waals surface area contributed by atoms with Crippen LogP contribution in [0.2, 0.25) is 0 Å². The standard InChI is InChI=1S/C14H21N3O3S/c1-2-3-6-10(12(18)19)15-13(20)17-14-16-9-7-4-5-8-11(9)21-14/h10H,2-8H2,1H3,(H,18,19)(H2,15,16,17,20)/t10-/m0/s1. The van der Waals surface area contributed by atoms with E-state index in [1.165, 1.54) is 22.6 Å². The van der Waals surface area contributed by atoms with Gasteiger partial charge in [-0.05, 0) is 32.1 Å². The topological polar surface area (TPSA) is 91.3 Å².